The molecule has 0 aromatic heterocycles. The number of benzene rings is 3. The van der Waals surface area contributed by atoms with Crippen molar-refractivity contribution < 1.29 is 22.7 Å². The molecule has 0 spiro atoms. The lowest BCUT2D eigenvalue weighted by molar-refractivity contribution is -0.139. The summed E-state index contributed by atoms with van der Waals surface area (Å²) in [6.07, 6.45) is 1.91. The summed E-state index contributed by atoms with van der Waals surface area (Å²) in [4.78, 5) is 29.5. The first-order chi connectivity index (χ1) is 20.0. The summed E-state index contributed by atoms with van der Waals surface area (Å²) in [5.74, 6) is -0.00303. The number of anilines is 1. The summed E-state index contributed by atoms with van der Waals surface area (Å²) < 4.78 is 35.5. The molecular formula is C31H38BrN3O5S2. The third kappa shape index (κ3) is 8.99. The second-order valence-electron chi connectivity index (χ2n) is 10.1. The highest BCUT2D eigenvalue weighted by molar-refractivity contribution is 9.10. The SMILES string of the molecule is CCOc1ccc(N(CC(=O)N(Cc2ccc(Br)cc2)[C@H](C)C(=O)NCC(C)C)S(=O)(=O)c2ccc(SC)cc2)cc1. The van der Waals surface area contributed by atoms with Crippen LogP contribution >= 0.6 is 27.7 Å². The zero-order valence-electron chi connectivity index (χ0n) is 24.5. The Bertz CT molecular complexity index is 1430. The molecule has 0 aliphatic carbocycles. The van der Waals surface area contributed by atoms with Crippen molar-refractivity contribution in [2.24, 2.45) is 5.92 Å². The molecule has 0 unspecified atom stereocenters. The number of rotatable bonds is 14. The quantitative estimate of drug-likeness (QED) is 0.212. The van der Waals surface area contributed by atoms with Crippen LogP contribution in [-0.4, -0.2) is 57.1 Å². The van der Waals surface area contributed by atoms with Gasteiger partial charge in [-0.1, -0.05) is 41.9 Å². The summed E-state index contributed by atoms with van der Waals surface area (Å²) in [6, 6.07) is 19.7. The number of nitrogens with one attached hydrogen (secondary N) is 1. The molecule has 11 heteroatoms. The number of carbonyl (C=O) groups is 2. The monoisotopic (exact) mass is 675 g/mol. The summed E-state index contributed by atoms with van der Waals surface area (Å²) >= 11 is 4.93. The molecule has 0 saturated heterocycles. The standard InChI is InChI=1S/C31H38BrN3O5S2/c1-6-40-27-13-11-26(12-14-27)35(42(38,39)29-17-15-28(41-5)16-18-29)21-30(36)34(20-24-7-9-25(32)10-8-24)23(4)31(37)33-19-22(2)3/h7-18,22-23H,6,19-21H2,1-5H3,(H,33,37)/t23-/m1/s1. The van der Waals surface area contributed by atoms with Crippen molar-refractivity contribution in [2.45, 2.75) is 50.1 Å². The number of ether oxygens (including phenoxy) is 1. The van der Waals surface area contributed by atoms with E-state index in [9.17, 15) is 18.0 Å². The molecule has 3 aromatic rings. The molecule has 1 N–H and O–H groups in total. The fourth-order valence-electron chi connectivity index (χ4n) is 4.10. The van der Waals surface area contributed by atoms with Gasteiger partial charge in [0.15, 0.2) is 0 Å². The fraction of sp³-hybridized carbons (Fsp3) is 0.355. The van der Waals surface area contributed by atoms with Gasteiger partial charge in [-0.2, -0.15) is 0 Å². The molecule has 226 valence electrons. The van der Waals surface area contributed by atoms with Crippen molar-refractivity contribution in [3.8, 4) is 5.75 Å². The molecule has 3 rings (SSSR count). The van der Waals surface area contributed by atoms with Gasteiger partial charge in [-0.05, 0) is 92.2 Å². The zero-order valence-corrected chi connectivity index (χ0v) is 27.8. The average Bonchev–Trinajstić information content (AvgIpc) is 2.98. The van der Waals surface area contributed by atoms with E-state index in [0.717, 1.165) is 19.2 Å². The maximum Gasteiger partial charge on any atom is 0.264 e. The summed E-state index contributed by atoms with van der Waals surface area (Å²) in [5, 5.41) is 2.89. The summed E-state index contributed by atoms with van der Waals surface area (Å²) in [5.41, 5.74) is 1.11. The molecule has 1 atom stereocenters. The van der Waals surface area contributed by atoms with E-state index in [1.165, 1.54) is 28.8 Å². The van der Waals surface area contributed by atoms with E-state index < -0.39 is 28.5 Å². The Morgan fingerprint density at radius 1 is 0.952 bits per heavy atom. The van der Waals surface area contributed by atoms with E-state index >= 15 is 0 Å². The maximum absolute atomic E-state index is 14.0. The van der Waals surface area contributed by atoms with E-state index in [4.69, 9.17) is 4.74 Å². The van der Waals surface area contributed by atoms with E-state index in [0.29, 0.717) is 24.6 Å². The third-order valence-corrected chi connectivity index (χ3v) is 9.54. The lowest BCUT2D eigenvalue weighted by Crippen LogP contribution is -2.51. The Hall–Kier alpha value is -3.02. The molecular weight excluding hydrogens is 638 g/mol. The number of hydrogen-bond donors (Lipinski definition) is 1. The predicted molar refractivity (Wildman–Crippen MR) is 172 cm³/mol. The van der Waals surface area contributed by atoms with Gasteiger partial charge in [0.2, 0.25) is 11.8 Å². The number of hydrogen-bond acceptors (Lipinski definition) is 6. The third-order valence-electron chi connectivity index (χ3n) is 6.48. The molecule has 0 bridgehead atoms. The van der Waals surface area contributed by atoms with Gasteiger partial charge >= 0.3 is 0 Å². The molecule has 0 fully saturated rings. The first kappa shape index (κ1) is 33.5. The van der Waals surface area contributed by atoms with Crippen LogP contribution in [0.3, 0.4) is 0 Å². The van der Waals surface area contributed by atoms with Crippen LogP contribution in [0.15, 0.2) is 87.1 Å². The first-order valence-electron chi connectivity index (χ1n) is 13.7. The minimum absolute atomic E-state index is 0.0594. The summed E-state index contributed by atoms with van der Waals surface area (Å²) in [6.45, 7) is 8.04. The van der Waals surface area contributed by atoms with Crippen molar-refractivity contribution in [2.75, 3.05) is 30.3 Å². The van der Waals surface area contributed by atoms with Crippen molar-refractivity contribution in [3.63, 3.8) is 0 Å². The average molecular weight is 677 g/mol. The molecule has 3 aromatic carbocycles. The van der Waals surface area contributed by atoms with Crippen molar-refractivity contribution >= 4 is 55.2 Å². The van der Waals surface area contributed by atoms with Crippen molar-refractivity contribution in [1.29, 1.82) is 0 Å². The largest absolute Gasteiger partial charge is 0.494 e. The zero-order chi connectivity index (χ0) is 30.9. The van der Waals surface area contributed by atoms with Crippen molar-refractivity contribution in [1.82, 2.24) is 10.2 Å². The van der Waals surface area contributed by atoms with E-state index in [1.54, 1.807) is 43.3 Å². The van der Waals surface area contributed by atoms with Gasteiger partial charge in [0, 0.05) is 22.5 Å². The normalized spacial score (nSPS) is 12.1. The number of amides is 2. The highest BCUT2D eigenvalue weighted by Gasteiger charge is 2.32. The van der Waals surface area contributed by atoms with E-state index in [-0.39, 0.29) is 23.3 Å². The maximum atomic E-state index is 14.0. The van der Waals surface area contributed by atoms with Gasteiger partial charge in [0.25, 0.3) is 10.0 Å². The van der Waals surface area contributed by atoms with Crippen LogP contribution in [0.2, 0.25) is 0 Å². The van der Waals surface area contributed by atoms with Crippen LogP contribution in [0.5, 0.6) is 5.75 Å². The topological polar surface area (TPSA) is 96.0 Å². The minimum atomic E-state index is -4.15. The van der Waals surface area contributed by atoms with Gasteiger partial charge in [-0.3, -0.25) is 13.9 Å². The molecule has 0 radical (unpaired) electrons. The molecule has 0 aliphatic heterocycles. The second kappa shape index (κ2) is 15.5. The van der Waals surface area contributed by atoms with Crippen LogP contribution < -0.4 is 14.4 Å². The number of thioether (sulfide) groups is 1. The second-order valence-corrected chi connectivity index (χ2v) is 13.7. The Kier molecular flexibility index (Phi) is 12.3. The van der Waals surface area contributed by atoms with Crippen LogP contribution in [0.4, 0.5) is 5.69 Å². The van der Waals surface area contributed by atoms with Gasteiger partial charge < -0.3 is 15.0 Å². The Labute approximate surface area is 262 Å². The Balaban J connectivity index is 2.01. The molecule has 0 saturated carbocycles. The van der Waals surface area contributed by atoms with Gasteiger partial charge in [0.05, 0.1) is 17.2 Å². The Morgan fingerprint density at radius 3 is 2.12 bits per heavy atom. The minimum Gasteiger partial charge on any atom is -0.494 e. The predicted octanol–water partition coefficient (Wildman–Crippen LogP) is 5.95. The van der Waals surface area contributed by atoms with Gasteiger partial charge in [-0.25, -0.2) is 8.42 Å². The smallest absolute Gasteiger partial charge is 0.264 e. The van der Waals surface area contributed by atoms with E-state index in [2.05, 4.69) is 21.2 Å². The van der Waals surface area contributed by atoms with Crippen LogP contribution in [0, 0.1) is 5.92 Å². The van der Waals surface area contributed by atoms with Gasteiger partial charge in [-0.15, -0.1) is 11.8 Å². The number of nitrogens with zero attached hydrogens (tertiary/aromatic N) is 2. The fourth-order valence-corrected chi connectivity index (χ4v) is 6.19. The molecule has 0 aliphatic rings. The molecule has 0 heterocycles. The number of halogens is 1. The number of sulfonamides is 1. The van der Waals surface area contributed by atoms with E-state index in [1.807, 2.05) is 51.3 Å². The van der Waals surface area contributed by atoms with Crippen LogP contribution in [-0.2, 0) is 26.2 Å². The lowest BCUT2D eigenvalue weighted by Gasteiger charge is -2.32. The molecule has 8 nitrogen and oxygen atoms in total. The molecule has 2 amide bonds. The van der Waals surface area contributed by atoms with Crippen LogP contribution in [0.1, 0.15) is 33.3 Å². The first-order valence-corrected chi connectivity index (χ1v) is 17.1. The lowest BCUT2D eigenvalue weighted by atomic mass is 10.1. The molecule has 42 heavy (non-hydrogen) atoms. The summed E-state index contributed by atoms with van der Waals surface area (Å²) in [7, 11) is -4.15. The van der Waals surface area contributed by atoms with Crippen LogP contribution in [0.25, 0.3) is 0 Å². The number of carbonyl (C=O) groups excluding carboxylic acids is 2. The van der Waals surface area contributed by atoms with Gasteiger partial charge in [0.1, 0.15) is 18.3 Å². The van der Waals surface area contributed by atoms with Crippen molar-refractivity contribution in [3.05, 3.63) is 82.8 Å². The Morgan fingerprint density at radius 2 is 1.57 bits per heavy atom. The highest BCUT2D eigenvalue weighted by Crippen LogP contribution is 2.28. The highest BCUT2D eigenvalue weighted by atomic mass is 79.9.